The molecule has 3 heteroatoms. The summed E-state index contributed by atoms with van der Waals surface area (Å²) in [6.07, 6.45) is 5.58. The molecule has 0 radical (unpaired) electrons. The minimum atomic E-state index is -1.14. The van der Waals surface area contributed by atoms with Gasteiger partial charge in [0, 0.05) is 0 Å². The molecule has 92 valence electrons. The van der Waals surface area contributed by atoms with E-state index in [0.29, 0.717) is 12.5 Å². The van der Waals surface area contributed by atoms with E-state index in [4.69, 9.17) is 4.74 Å². The molecule has 0 heterocycles. The molecule has 0 spiro atoms. The Kier molecular flexibility index (Phi) is 4.78. The van der Waals surface area contributed by atoms with Gasteiger partial charge in [-0.05, 0) is 25.7 Å². The van der Waals surface area contributed by atoms with Crippen molar-refractivity contribution in [1.82, 2.24) is 0 Å². The van der Waals surface area contributed by atoms with E-state index in [1.807, 2.05) is 6.92 Å². The predicted octanol–water partition coefficient (Wildman–Crippen LogP) is 3.40. The molecule has 1 fully saturated rings. The van der Waals surface area contributed by atoms with Crippen LogP contribution in [0.2, 0.25) is 19.6 Å². The number of carbonyl (C=O) groups is 1. The number of allylic oxidation sites excluding steroid dienone is 1. The molecule has 0 aliphatic heterocycles. The van der Waals surface area contributed by atoms with Crippen molar-refractivity contribution in [2.24, 2.45) is 11.8 Å². The van der Waals surface area contributed by atoms with Gasteiger partial charge in [0.15, 0.2) is 0 Å². The van der Waals surface area contributed by atoms with Crippen molar-refractivity contribution >= 4 is 14.0 Å². The molecule has 0 bridgehead atoms. The second-order valence-electron chi connectivity index (χ2n) is 5.68. The second kappa shape index (κ2) is 5.67. The molecule has 1 saturated carbocycles. The van der Waals surface area contributed by atoms with Gasteiger partial charge in [-0.2, -0.15) is 0 Å². The van der Waals surface area contributed by atoms with Crippen LogP contribution < -0.4 is 0 Å². The highest BCUT2D eigenvalue weighted by Gasteiger charge is 2.32. The molecule has 1 aliphatic rings. The summed E-state index contributed by atoms with van der Waals surface area (Å²) in [6, 6.07) is 0. The molecule has 0 aromatic carbocycles. The SMILES string of the molecule is CCOC(=O)[C@H]1CCC[C@@H]1/C=C/[Si](C)(C)C. The first-order valence-corrected chi connectivity index (χ1v) is 9.88. The van der Waals surface area contributed by atoms with Gasteiger partial charge in [0.05, 0.1) is 20.6 Å². The van der Waals surface area contributed by atoms with Crippen molar-refractivity contribution in [3.8, 4) is 0 Å². The summed E-state index contributed by atoms with van der Waals surface area (Å²) in [6.45, 7) is 9.33. The van der Waals surface area contributed by atoms with E-state index >= 15 is 0 Å². The Morgan fingerprint density at radius 2 is 2.06 bits per heavy atom. The van der Waals surface area contributed by atoms with E-state index < -0.39 is 8.07 Å². The number of hydrogen-bond acceptors (Lipinski definition) is 2. The Hall–Kier alpha value is -0.573. The normalized spacial score (nSPS) is 26.2. The average molecular weight is 240 g/mol. The smallest absolute Gasteiger partial charge is 0.309 e. The third kappa shape index (κ3) is 4.12. The van der Waals surface area contributed by atoms with Gasteiger partial charge in [0.25, 0.3) is 0 Å². The van der Waals surface area contributed by atoms with Crippen molar-refractivity contribution in [2.45, 2.75) is 45.8 Å². The molecule has 0 aromatic heterocycles. The zero-order valence-electron chi connectivity index (χ0n) is 11.0. The largest absolute Gasteiger partial charge is 0.466 e. The van der Waals surface area contributed by atoms with Crippen molar-refractivity contribution in [1.29, 1.82) is 0 Å². The van der Waals surface area contributed by atoms with Gasteiger partial charge in [0.1, 0.15) is 0 Å². The molecular formula is C13H24O2Si. The van der Waals surface area contributed by atoms with Gasteiger partial charge >= 0.3 is 5.97 Å². The minimum Gasteiger partial charge on any atom is -0.466 e. The maximum atomic E-state index is 11.7. The van der Waals surface area contributed by atoms with Crippen LogP contribution in [-0.2, 0) is 9.53 Å². The summed E-state index contributed by atoms with van der Waals surface area (Å²) in [4.78, 5) is 11.7. The van der Waals surface area contributed by atoms with E-state index in [0.717, 1.165) is 19.3 Å². The Morgan fingerprint density at radius 3 is 2.62 bits per heavy atom. The molecule has 1 aliphatic carbocycles. The molecule has 0 N–H and O–H groups in total. The van der Waals surface area contributed by atoms with Gasteiger partial charge in [-0.3, -0.25) is 4.79 Å². The predicted molar refractivity (Wildman–Crippen MR) is 70.0 cm³/mol. The molecule has 0 aromatic rings. The average Bonchev–Trinajstić information content (AvgIpc) is 2.61. The number of esters is 1. The molecule has 2 nitrogen and oxygen atoms in total. The molecule has 0 unspecified atom stereocenters. The first kappa shape index (κ1) is 13.5. The summed E-state index contributed by atoms with van der Waals surface area (Å²) in [5, 5.41) is 0. The molecule has 0 amide bonds. The Balaban J connectivity index is 2.59. The minimum absolute atomic E-state index is 0.00484. The molecule has 16 heavy (non-hydrogen) atoms. The maximum absolute atomic E-state index is 11.7. The monoisotopic (exact) mass is 240 g/mol. The zero-order valence-corrected chi connectivity index (χ0v) is 12.0. The Labute approximate surface area is 100 Å². The topological polar surface area (TPSA) is 26.3 Å². The van der Waals surface area contributed by atoms with Crippen LogP contribution in [0.3, 0.4) is 0 Å². The van der Waals surface area contributed by atoms with Gasteiger partial charge in [-0.1, -0.05) is 37.8 Å². The highest BCUT2D eigenvalue weighted by Crippen LogP contribution is 2.34. The van der Waals surface area contributed by atoms with Gasteiger partial charge in [-0.25, -0.2) is 0 Å². The lowest BCUT2D eigenvalue weighted by Crippen LogP contribution is -2.22. The van der Waals surface area contributed by atoms with Crippen LogP contribution in [0.4, 0.5) is 0 Å². The van der Waals surface area contributed by atoms with Crippen LogP contribution in [-0.4, -0.2) is 20.7 Å². The fourth-order valence-corrected chi connectivity index (χ4v) is 3.00. The van der Waals surface area contributed by atoms with Gasteiger partial charge in [0.2, 0.25) is 0 Å². The maximum Gasteiger partial charge on any atom is 0.309 e. The first-order chi connectivity index (χ1) is 7.44. The Bertz CT molecular complexity index is 266. The number of carbonyl (C=O) groups excluding carboxylic acids is 1. The lowest BCUT2D eigenvalue weighted by Gasteiger charge is -2.16. The molecule has 0 saturated heterocycles. The quantitative estimate of drug-likeness (QED) is 0.556. The molecular weight excluding hydrogens is 216 g/mol. The van der Waals surface area contributed by atoms with Gasteiger partial charge in [-0.15, -0.1) is 0 Å². The first-order valence-electron chi connectivity index (χ1n) is 6.30. The zero-order chi connectivity index (χ0) is 12.2. The van der Waals surface area contributed by atoms with E-state index in [2.05, 4.69) is 31.4 Å². The number of hydrogen-bond donors (Lipinski definition) is 0. The summed E-state index contributed by atoms with van der Waals surface area (Å²) < 4.78 is 5.13. The van der Waals surface area contributed by atoms with E-state index in [1.54, 1.807) is 0 Å². The van der Waals surface area contributed by atoms with E-state index in [1.165, 1.54) is 0 Å². The fraction of sp³-hybridized carbons (Fsp3) is 0.769. The Morgan fingerprint density at radius 1 is 1.38 bits per heavy atom. The molecule has 1 rings (SSSR count). The van der Waals surface area contributed by atoms with Crippen molar-refractivity contribution in [3.05, 3.63) is 11.8 Å². The van der Waals surface area contributed by atoms with Crippen LogP contribution in [0.25, 0.3) is 0 Å². The van der Waals surface area contributed by atoms with Crippen molar-refractivity contribution in [3.63, 3.8) is 0 Å². The van der Waals surface area contributed by atoms with Crippen LogP contribution in [0.15, 0.2) is 11.8 Å². The van der Waals surface area contributed by atoms with Crippen LogP contribution in [0, 0.1) is 11.8 Å². The summed E-state index contributed by atoms with van der Waals surface area (Å²) in [5.74, 6) is 0.545. The second-order valence-corrected chi connectivity index (χ2v) is 10.7. The van der Waals surface area contributed by atoms with Gasteiger partial charge < -0.3 is 4.74 Å². The summed E-state index contributed by atoms with van der Waals surface area (Å²) >= 11 is 0. The standard InChI is InChI=1S/C13H24O2Si/c1-5-15-13(14)12-8-6-7-11(12)9-10-16(2,3)4/h9-12H,5-8H2,1-4H3/b10-9+/t11-,12+/m1/s1. The number of ether oxygens (including phenoxy) is 1. The fourth-order valence-electron chi connectivity index (χ4n) is 2.17. The van der Waals surface area contributed by atoms with E-state index in [-0.39, 0.29) is 11.9 Å². The van der Waals surface area contributed by atoms with Crippen molar-refractivity contribution in [2.75, 3.05) is 6.61 Å². The highest BCUT2D eigenvalue weighted by molar-refractivity contribution is 6.80. The lowest BCUT2D eigenvalue weighted by molar-refractivity contribution is -0.148. The highest BCUT2D eigenvalue weighted by atomic mass is 28.3. The summed E-state index contributed by atoms with van der Waals surface area (Å²) in [5.41, 5.74) is 2.36. The van der Waals surface area contributed by atoms with Crippen LogP contribution in [0.5, 0.6) is 0 Å². The van der Waals surface area contributed by atoms with Crippen molar-refractivity contribution < 1.29 is 9.53 Å². The number of rotatable bonds is 4. The molecule has 2 atom stereocenters. The van der Waals surface area contributed by atoms with Crippen LogP contribution in [0.1, 0.15) is 26.2 Å². The third-order valence-corrected chi connectivity index (χ3v) is 4.19. The summed E-state index contributed by atoms with van der Waals surface area (Å²) in [7, 11) is -1.14. The van der Waals surface area contributed by atoms with E-state index in [9.17, 15) is 4.79 Å². The lowest BCUT2D eigenvalue weighted by atomic mass is 9.96. The van der Waals surface area contributed by atoms with Crippen LogP contribution >= 0.6 is 0 Å². The third-order valence-electron chi connectivity index (χ3n) is 3.00.